The number of para-hydroxylation sites is 1. The first-order valence-corrected chi connectivity index (χ1v) is 20.4. The number of hydrogen-bond acceptors (Lipinski definition) is 4. The molecule has 0 saturated carbocycles. The van der Waals surface area contributed by atoms with Gasteiger partial charge in [-0.3, -0.25) is 14.5 Å². The van der Waals surface area contributed by atoms with E-state index in [1.807, 2.05) is 144 Å². The minimum Gasteiger partial charge on any atom is -0.373 e. The van der Waals surface area contributed by atoms with Crippen molar-refractivity contribution in [1.29, 1.82) is 0 Å². The molecule has 0 heterocycles. The van der Waals surface area contributed by atoms with E-state index in [0.29, 0.717) is 42.9 Å². The highest BCUT2D eigenvalue weighted by molar-refractivity contribution is 6.12. The minimum absolute atomic E-state index is 0.0753. The summed E-state index contributed by atoms with van der Waals surface area (Å²) in [6.45, 7) is 3.72. The summed E-state index contributed by atoms with van der Waals surface area (Å²) in [4.78, 5) is 45.2. The zero-order chi connectivity index (χ0) is 40.5. The number of carbonyl (C=O) groups is 3. The van der Waals surface area contributed by atoms with Crippen molar-refractivity contribution in [2.75, 3.05) is 23.8 Å². The Hall–Kier alpha value is -6.47. The second-order valence-corrected chi connectivity index (χ2v) is 14.8. The molecular weight excluding hydrogens is 717 g/mol. The van der Waals surface area contributed by atoms with Crippen LogP contribution < -0.4 is 15.5 Å². The molecule has 0 bridgehead atoms. The molecule has 6 aromatic rings. The van der Waals surface area contributed by atoms with Gasteiger partial charge in [-0.15, -0.1) is 0 Å². The highest BCUT2D eigenvalue weighted by atomic mass is 16.2. The second-order valence-electron chi connectivity index (χ2n) is 14.8. The van der Waals surface area contributed by atoms with Gasteiger partial charge < -0.3 is 15.5 Å². The van der Waals surface area contributed by atoms with Crippen molar-refractivity contribution < 1.29 is 14.4 Å². The Kier molecular flexibility index (Phi) is 15.0. The zero-order valence-electron chi connectivity index (χ0n) is 33.6. The van der Waals surface area contributed by atoms with Crippen molar-refractivity contribution >= 4 is 29.1 Å². The van der Waals surface area contributed by atoms with Gasteiger partial charge in [0, 0.05) is 55.6 Å². The normalized spacial score (nSPS) is 11.3. The molecule has 1 unspecified atom stereocenters. The molecular formula is C51H54N4O3. The van der Waals surface area contributed by atoms with Crippen LogP contribution in [0.25, 0.3) is 11.1 Å². The largest absolute Gasteiger partial charge is 0.373 e. The van der Waals surface area contributed by atoms with Crippen LogP contribution in [0.3, 0.4) is 0 Å². The number of nitrogens with zero attached hydrogens (tertiary/aromatic N) is 2. The lowest BCUT2D eigenvalue weighted by molar-refractivity contribution is -0.133. The maximum absolute atomic E-state index is 14.9. The van der Waals surface area contributed by atoms with Crippen molar-refractivity contribution in [3.63, 3.8) is 0 Å². The number of rotatable bonds is 19. The number of nitrogens with one attached hydrogen (secondary N) is 2. The van der Waals surface area contributed by atoms with Gasteiger partial charge in [-0.1, -0.05) is 172 Å². The van der Waals surface area contributed by atoms with Gasteiger partial charge in [0.2, 0.25) is 5.91 Å². The van der Waals surface area contributed by atoms with E-state index in [4.69, 9.17) is 0 Å². The minimum atomic E-state index is -0.690. The van der Waals surface area contributed by atoms with E-state index in [2.05, 4.69) is 41.8 Å². The number of amides is 3. The molecule has 6 rings (SSSR count). The quantitative estimate of drug-likeness (QED) is 0.0635. The number of ketones is 1. The molecule has 7 nitrogen and oxygen atoms in total. The highest BCUT2D eigenvalue weighted by Gasteiger charge is 2.27. The Morgan fingerprint density at radius 1 is 0.586 bits per heavy atom. The van der Waals surface area contributed by atoms with Crippen LogP contribution in [0.15, 0.2) is 164 Å². The Bertz CT molecular complexity index is 2170. The molecule has 0 fully saturated rings. The molecule has 0 aliphatic heterocycles. The maximum Gasteiger partial charge on any atom is 0.321 e. The predicted octanol–water partition coefficient (Wildman–Crippen LogP) is 11.0. The monoisotopic (exact) mass is 770 g/mol. The molecule has 6 aromatic carbocycles. The van der Waals surface area contributed by atoms with Crippen LogP contribution in [-0.4, -0.2) is 42.3 Å². The molecule has 0 aliphatic carbocycles. The fourth-order valence-corrected chi connectivity index (χ4v) is 7.10. The summed E-state index contributed by atoms with van der Waals surface area (Å²) in [7, 11) is 1.79. The fraction of sp³-hybridized carbons (Fsp3) is 0.235. The third-order valence-corrected chi connectivity index (χ3v) is 10.4. The molecule has 296 valence electrons. The van der Waals surface area contributed by atoms with Gasteiger partial charge in [0.25, 0.3) is 0 Å². The van der Waals surface area contributed by atoms with Crippen molar-refractivity contribution in [3.8, 4) is 11.1 Å². The summed E-state index contributed by atoms with van der Waals surface area (Å²) in [5, 5.41) is 6.60. The predicted molar refractivity (Wildman–Crippen MR) is 237 cm³/mol. The van der Waals surface area contributed by atoms with Crippen LogP contribution in [0, 0.1) is 0 Å². The van der Waals surface area contributed by atoms with Crippen molar-refractivity contribution in [1.82, 2.24) is 10.2 Å². The van der Waals surface area contributed by atoms with Gasteiger partial charge in [0.05, 0.1) is 0 Å². The second kappa shape index (κ2) is 21.2. The van der Waals surface area contributed by atoms with E-state index in [0.717, 1.165) is 46.3 Å². The molecule has 7 heteroatoms. The summed E-state index contributed by atoms with van der Waals surface area (Å²) in [6, 6.07) is 52.1. The van der Waals surface area contributed by atoms with E-state index in [9.17, 15) is 14.4 Å². The Labute approximate surface area is 343 Å². The number of unbranched alkanes of at least 4 members (excludes halogenated alkanes) is 4. The van der Waals surface area contributed by atoms with E-state index < -0.39 is 6.04 Å². The first-order valence-electron chi connectivity index (χ1n) is 20.4. The fourth-order valence-electron chi connectivity index (χ4n) is 7.10. The van der Waals surface area contributed by atoms with Crippen LogP contribution in [0.4, 0.5) is 16.2 Å². The smallest absolute Gasteiger partial charge is 0.321 e. The van der Waals surface area contributed by atoms with E-state index in [-0.39, 0.29) is 17.7 Å². The third-order valence-electron chi connectivity index (χ3n) is 10.4. The number of benzene rings is 6. The van der Waals surface area contributed by atoms with Gasteiger partial charge in [-0.05, 0) is 58.5 Å². The van der Waals surface area contributed by atoms with E-state index >= 15 is 0 Å². The molecule has 58 heavy (non-hydrogen) atoms. The van der Waals surface area contributed by atoms with Crippen LogP contribution in [-0.2, 0) is 24.3 Å². The van der Waals surface area contributed by atoms with Crippen molar-refractivity contribution in [3.05, 3.63) is 192 Å². The van der Waals surface area contributed by atoms with Crippen LogP contribution >= 0.6 is 0 Å². The summed E-state index contributed by atoms with van der Waals surface area (Å²) in [5.74, 6) is -0.189. The van der Waals surface area contributed by atoms with E-state index in [1.54, 1.807) is 11.9 Å². The van der Waals surface area contributed by atoms with Gasteiger partial charge in [0.1, 0.15) is 6.04 Å². The first kappa shape index (κ1) is 41.2. The molecule has 1 atom stereocenters. The lowest BCUT2D eigenvalue weighted by Crippen LogP contribution is -2.43. The van der Waals surface area contributed by atoms with Gasteiger partial charge in [-0.2, -0.15) is 0 Å². The van der Waals surface area contributed by atoms with Crippen LogP contribution in [0.1, 0.15) is 71.6 Å². The van der Waals surface area contributed by atoms with Crippen LogP contribution in [0.2, 0.25) is 0 Å². The SMILES string of the molecule is CCCCCCCNC(=O)N(C)c1cccc(-c2ccc(CC(Nc3ccccc3C(=O)c3ccccc3)C(=O)N(Cc3ccccc3)Cc3ccccc3)cc2)c1. The lowest BCUT2D eigenvalue weighted by Gasteiger charge is -2.29. The summed E-state index contributed by atoms with van der Waals surface area (Å²) >= 11 is 0. The Balaban J connectivity index is 1.25. The number of hydrogen-bond donors (Lipinski definition) is 2. The average Bonchev–Trinajstić information content (AvgIpc) is 3.27. The summed E-state index contributed by atoms with van der Waals surface area (Å²) in [6.07, 6.45) is 6.10. The molecule has 3 amide bonds. The lowest BCUT2D eigenvalue weighted by atomic mass is 9.98. The maximum atomic E-state index is 14.9. The molecule has 0 aromatic heterocycles. The van der Waals surface area contributed by atoms with Crippen LogP contribution in [0.5, 0.6) is 0 Å². The van der Waals surface area contributed by atoms with Gasteiger partial charge in [0.15, 0.2) is 5.78 Å². The topological polar surface area (TPSA) is 81.8 Å². The zero-order valence-corrected chi connectivity index (χ0v) is 33.6. The average molecular weight is 771 g/mol. The Morgan fingerprint density at radius 2 is 1.19 bits per heavy atom. The first-order chi connectivity index (χ1) is 28.4. The molecule has 2 N–H and O–H groups in total. The third kappa shape index (κ3) is 11.5. The summed E-state index contributed by atoms with van der Waals surface area (Å²) < 4.78 is 0. The Morgan fingerprint density at radius 3 is 1.84 bits per heavy atom. The number of urea groups is 1. The van der Waals surface area contributed by atoms with E-state index in [1.165, 1.54) is 19.3 Å². The van der Waals surface area contributed by atoms with Crippen molar-refractivity contribution in [2.24, 2.45) is 0 Å². The molecule has 0 radical (unpaired) electrons. The number of anilines is 2. The standard InChI is InChI=1S/C51H54N4O3/c1-3-4-5-6-18-34-52-51(58)54(2)45-27-19-26-44(36-45)42-32-30-39(31-33-42)35-48(53-47-29-17-16-28-46(47)49(56)43-24-14-9-15-25-43)50(57)55(37-40-20-10-7-11-21-40)38-41-22-12-8-13-23-41/h7-17,19-33,36,48,53H,3-6,18,34-35,37-38H2,1-2H3,(H,52,58). The molecule has 0 spiro atoms. The summed E-state index contributed by atoms with van der Waals surface area (Å²) in [5.41, 5.74) is 7.51. The molecule has 0 saturated heterocycles. The highest BCUT2D eigenvalue weighted by Crippen LogP contribution is 2.27. The van der Waals surface area contributed by atoms with Crippen molar-refractivity contribution in [2.45, 2.75) is 64.6 Å². The van der Waals surface area contributed by atoms with Gasteiger partial charge >= 0.3 is 6.03 Å². The number of carbonyl (C=O) groups excluding carboxylic acids is 3. The molecule has 0 aliphatic rings. The van der Waals surface area contributed by atoms with Gasteiger partial charge in [-0.25, -0.2) is 4.79 Å².